The van der Waals surface area contributed by atoms with Gasteiger partial charge in [0, 0.05) is 6.42 Å². The minimum absolute atomic E-state index is 0.0975. The zero-order valence-corrected chi connectivity index (χ0v) is 16.8. The van der Waals surface area contributed by atoms with Crippen molar-refractivity contribution in [1.82, 2.24) is 16.0 Å². The van der Waals surface area contributed by atoms with Crippen molar-refractivity contribution in [3.8, 4) is 0 Å². The van der Waals surface area contributed by atoms with Crippen LogP contribution in [0, 0.1) is 0 Å². The lowest BCUT2D eigenvalue weighted by Gasteiger charge is -2.21. The van der Waals surface area contributed by atoms with Gasteiger partial charge in [-0.3, -0.25) is 24.0 Å². The third-order valence-corrected chi connectivity index (χ3v) is 4.02. The van der Waals surface area contributed by atoms with Gasteiger partial charge in [-0.05, 0) is 32.2 Å². The number of carboxylic acids is 3. The molecule has 0 aromatic heterocycles. The molecule has 0 fully saturated rings. The fraction of sp³-hybridized carbons (Fsp3) is 0.647. The van der Waals surface area contributed by atoms with Crippen LogP contribution in [0.25, 0.3) is 0 Å². The SMILES string of the molecule is NCCCCC(NC(=O)CNC(=O)C(N)CCC(=O)O)C(=O)NC(CC(=O)O)C(=O)O. The van der Waals surface area contributed by atoms with Crippen molar-refractivity contribution < 1.29 is 44.1 Å². The number of amides is 3. The quantitative estimate of drug-likeness (QED) is 0.110. The van der Waals surface area contributed by atoms with E-state index in [-0.39, 0.29) is 19.3 Å². The summed E-state index contributed by atoms with van der Waals surface area (Å²) in [5.41, 5.74) is 10.9. The number of rotatable bonds is 16. The molecule has 0 spiro atoms. The third-order valence-electron chi connectivity index (χ3n) is 4.02. The van der Waals surface area contributed by atoms with E-state index in [4.69, 9.17) is 26.8 Å². The molecule has 3 unspecified atom stereocenters. The highest BCUT2D eigenvalue weighted by molar-refractivity contribution is 5.93. The van der Waals surface area contributed by atoms with Crippen LogP contribution < -0.4 is 27.4 Å². The molecule has 0 aromatic carbocycles. The van der Waals surface area contributed by atoms with Gasteiger partial charge in [0.2, 0.25) is 17.7 Å². The van der Waals surface area contributed by atoms with Crippen molar-refractivity contribution in [2.45, 2.75) is 56.7 Å². The number of nitrogens with one attached hydrogen (secondary N) is 3. The molecule has 10 N–H and O–H groups in total. The third kappa shape index (κ3) is 12.8. The van der Waals surface area contributed by atoms with E-state index in [2.05, 4.69) is 16.0 Å². The van der Waals surface area contributed by atoms with Crippen LogP contribution in [0.2, 0.25) is 0 Å². The van der Waals surface area contributed by atoms with Gasteiger partial charge in [-0.15, -0.1) is 0 Å². The Labute approximate surface area is 177 Å². The molecule has 31 heavy (non-hydrogen) atoms. The Kier molecular flexibility index (Phi) is 13.1. The van der Waals surface area contributed by atoms with Crippen LogP contribution in [0.15, 0.2) is 0 Å². The number of carbonyl (C=O) groups is 6. The smallest absolute Gasteiger partial charge is 0.326 e. The van der Waals surface area contributed by atoms with Crippen molar-refractivity contribution in [3.05, 3.63) is 0 Å². The zero-order valence-electron chi connectivity index (χ0n) is 16.8. The van der Waals surface area contributed by atoms with Crippen molar-refractivity contribution in [3.63, 3.8) is 0 Å². The monoisotopic (exact) mass is 447 g/mol. The maximum atomic E-state index is 12.4. The van der Waals surface area contributed by atoms with Crippen LogP contribution in [0.1, 0.15) is 38.5 Å². The lowest BCUT2D eigenvalue weighted by molar-refractivity contribution is -0.147. The summed E-state index contributed by atoms with van der Waals surface area (Å²) in [6, 6.07) is -4.02. The molecule has 0 aliphatic carbocycles. The van der Waals surface area contributed by atoms with Gasteiger partial charge >= 0.3 is 17.9 Å². The summed E-state index contributed by atoms with van der Waals surface area (Å²) < 4.78 is 0. The van der Waals surface area contributed by atoms with Gasteiger partial charge in [-0.1, -0.05) is 0 Å². The number of nitrogens with two attached hydrogens (primary N) is 2. The van der Waals surface area contributed by atoms with E-state index in [1.807, 2.05) is 0 Å². The molecule has 0 heterocycles. The lowest BCUT2D eigenvalue weighted by Crippen LogP contribution is -2.54. The molecule has 0 bridgehead atoms. The topological polar surface area (TPSA) is 251 Å². The van der Waals surface area contributed by atoms with Crippen LogP contribution in [-0.4, -0.2) is 82.2 Å². The molecular formula is C17H29N5O9. The van der Waals surface area contributed by atoms with E-state index >= 15 is 0 Å². The first-order valence-corrected chi connectivity index (χ1v) is 9.47. The highest BCUT2D eigenvalue weighted by Gasteiger charge is 2.28. The molecule has 0 saturated carbocycles. The molecular weight excluding hydrogens is 418 g/mol. The van der Waals surface area contributed by atoms with Gasteiger partial charge in [0.05, 0.1) is 19.0 Å². The standard InChI is InChI=1S/C17H29N5O9/c18-6-2-1-3-10(16(29)22-11(17(30)31)7-14(26)27)21-12(23)8-20-15(28)9(19)4-5-13(24)25/h9-11H,1-8,18-19H2,(H,20,28)(H,21,23)(H,22,29)(H,24,25)(H,26,27)(H,30,31). The van der Waals surface area contributed by atoms with Crippen LogP contribution in [0.3, 0.4) is 0 Å². The average molecular weight is 447 g/mol. The molecule has 3 atom stereocenters. The molecule has 0 rings (SSSR count). The van der Waals surface area contributed by atoms with E-state index in [9.17, 15) is 28.8 Å². The first-order valence-electron chi connectivity index (χ1n) is 9.47. The van der Waals surface area contributed by atoms with E-state index < -0.39 is 66.7 Å². The van der Waals surface area contributed by atoms with Gasteiger partial charge in [0.15, 0.2) is 0 Å². The van der Waals surface area contributed by atoms with Crippen molar-refractivity contribution in [2.75, 3.05) is 13.1 Å². The van der Waals surface area contributed by atoms with Crippen LogP contribution in [0.5, 0.6) is 0 Å². The highest BCUT2D eigenvalue weighted by atomic mass is 16.4. The largest absolute Gasteiger partial charge is 0.481 e. The summed E-state index contributed by atoms with van der Waals surface area (Å²) in [7, 11) is 0. The first kappa shape index (κ1) is 27.7. The van der Waals surface area contributed by atoms with Gasteiger partial charge in [0.25, 0.3) is 0 Å². The first-order chi connectivity index (χ1) is 14.5. The Morgan fingerprint density at radius 2 is 1.45 bits per heavy atom. The molecule has 3 amide bonds. The fourth-order valence-corrected chi connectivity index (χ4v) is 2.36. The molecule has 0 saturated heterocycles. The van der Waals surface area contributed by atoms with E-state index in [1.54, 1.807) is 0 Å². The van der Waals surface area contributed by atoms with Crippen molar-refractivity contribution in [2.24, 2.45) is 11.5 Å². The predicted octanol–water partition coefficient (Wildman–Crippen LogP) is -3.05. The molecule has 0 radical (unpaired) electrons. The van der Waals surface area contributed by atoms with E-state index in [1.165, 1.54) is 0 Å². The summed E-state index contributed by atoms with van der Waals surface area (Å²) in [6.45, 7) is -0.235. The minimum atomic E-state index is -1.69. The molecule has 0 aromatic rings. The van der Waals surface area contributed by atoms with Crippen LogP contribution >= 0.6 is 0 Å². The van der Waals surface area contributed by atoms with Gasteiger partial charge in [-0.2, -0.15) is 0 Å². The van der Waals surface area contributed by atoms with Crippen LogP contribution in [-0.2, 0) is 28.8 Å². The van der Waals surface area contributed by atoms with Crippen molar-refractivity contribution >= 4 is 35.6 Å². The zero-order chi connectivity index (χ0) is 24.0. The number of hydrogen-bond donors (Lipinski definition) is 8. The molecule has 14 nitrogen and oxygen atoms in total. The summed E-state index contributed by atoms with van der Waals surface area (Å²) in [6.07, 6.45) is -0.280. The fourth-order valence-electron chi connectivity index (χ4n) is 2.36. The van der Waals surface area contributed by atoms with Gasteiger partial charge in [-0.25, -0.2) is 4.79 Å². The average Bonchev–Trinajstić information content (AvgIpc) is 2.68. The molecule has 176 valence electrons. The second-order valence-electron chi connectivity index (χ2n) is 6.66. The maximum Gasteiger partial charge on any atom is 0.326 e. The molecule has 0 aliphatic rings. The lowest BCUT2D eigenvalue weighted by atomic mass is 10.1. The summed E-state index contributed by atoms with van der Waals surface area (Å²) in [5.74, 6) is -6.55. The number of carboxylic acid groups (broad SMARTS) is 3. The number of unbranched alkanes of at least 4 members (excludes halogenated alkanes) is 1. The second kappa shape index (κ2) is 14.7. The van der Waals surface area contributed by atoms with E-state index in [0.29, 0.717) is 19.4 Å². The predicted molar refractivity (Wildman–Crippen MR) is 105 cm³/mol. The Morgan fingerprint density at radius 3 is 1.97 bits per heavy atom. The Bertz CT molecular complexity index is 670. The van der Waals surface area contributed by atoms with Crippen molar-refractivity contribution in [1.29, 1.82) is 0 Å². The molecule has 14 heteroatoms. The summed E-state index contributed by atoms with van der Waals surface area (Å²) in [4.78, 5) is 68.7. The normalized spacial score (nSPS) is 13.4. The Balaban J connectivity index is 4.89. The Morgan fingerprint density at radius 1 is 0.806 bits per heavy atom. The number of hydrogen-bond acceptors (Lipinski definition) is 8. The van der Waals surface area contributed by atoms with Gasteiger partial charge < -0.3 is 42.7 Å². The summed E-state index contributed by atoms with van der Waals surface area (Å²) >= 11 is 0. The number of aliphatic carboxylic acids is 3. The number of carbonyl (C=O) groups excluding carboxylic acids is 3. The second-order valence-corrected chi connectivity index (χ2v) is 6.66. The molecule has 0 aliphatic heterocycles. The highest BCUT2D eigenvalue weighted by Crippen LogP contribution is 2.03. The van der Waals surface area contributed by atoms with Gasteiger partial charge in [0.1, 0.15) is 12.1 Å². The summed E-state index contributed by atoms with van der Waals surface area (Å²) in [5, 5.41) is 33.0. The van der Waals surface area contributed by atoms with E-state index in [0.717, 1.165) is 0 Å². The minimum Gasteiger partial charge on any atom is -0.481 e. The maximum absolute atomic E-state index is 12.4. The van der Waals surface area contributed by atoms with Crippen LogP contribution in [0.4, 0.5) is 0 Å². The Hall–Kier alpha value is -3.26.